The molecule has 1 saturated heterocycles. The Hall–Kier alpha value is -2.01. The molecule has 0 spiro atoms. The number of fused-ring (bicyclic) bond motifs is 1. The number of carbonyl (C=O) groups is 3. The molecule has 0 aromatic carbocycles. The molecule has 7 nitrogen and oxygen atoms in total. The number of aliphatic carboxylic acids is 1. The number of nitriles is 1. The molecule has 2 amide bonds. The Morgan fingerprint density at radius 2 is 2.32 bits per heavy atom. The van der Waals surface area contributed by atoms with Gasteiger partial charge < -0.3 is 10.4 Å². The van der Waals surface area contributed by atoms with E-state index in [9.17, 15) is 14.4 Å². The maximum atomic E-state index is 11.9. The number of carboxylic acid groups (broad SMARTS) is 1. The van der Waals surface area contributed by atoms with Gasteiger partial charge >= 0.3 is 5.97 Å². The largest absolute Gasteiger partial charge is 0.477 e. The van der Waals surface area contributed by atoms with Gasteiger partial charge in [-0.25, -0.2) is 4.79 Å². The van der Waals surface area contributed by atoms with Crippen LogP contribution < -0.4 is 5.32 Å². The third-order valence-corrected chi connectivity index (χ3v) is 4.15. The van der Waals surface area contributed by atoms with E-state index >= 15 is 0 Å². The van der Waals surface area contributed by atoms with Gasteiger partial charge in [0.1, 0.15) is 23.5 Å². The molecule has 2 aliphatic rings. The number of carboxylic acids is 1. The van der Waals surface area contributed by atoms with Gasteiger partial charge in [-0.2, -0.15) is 5.26 Å². The minimum atomic E-state index is -1.16. The van der Waals surface area contributed by atoms with Crippen LogP contribution >= 0.6 is 11.8 Å². The zero-order valence-electron chi connectivity index (χ0n) is 9.99. The molecule has 0 aromatic rings. The molecule has 2 rings (SSSR count). The molecule has 2 unspecified atom stereocenters. The van der Waals surface area contributed by atoms with Crippen molar-refractivity contribution in [1.82, 2.24) is 10.2 Å². The fourth-order valence-electron chi connectivity index (χ4n) is 2.02. The smallest absolute Gasteiger partial charge is 0.352 e. The van der Waals surface area contributed by atoms with Gasteiger partial charge in [0.25, 0.3) is 5.91 Å². The third kappa shape index (κ3) is 2.29. The number of β-lactam (4-membered cyclic amide) rings is 1. The number of hydrogen-bond donors (Lipinski definition) is 2. The minimum Gasteiger partial charge on any atom is -0.477 e. The first-order valence-electron chi connectivity index (χ1n) is 5.55. The van der Waals surface area contributed by atoms with Crippen molar-refractivity contribution in [1.29, 1.82) is 5.26 Å². The Morgan fingerprint density at radius 3 is 2.89 bits per heavy atom. The maximum Gasteiger partial charge on any atom is 0.352 e. The highest BCUT2D eigenvalue weighted by molar-refractivity contribution is 8.00. The summed E-state index contributed by atoms with van der Waals surface area (Å²) in [7, 11) is 0. The van der Waals surface area contributed by atoms with E-state index in [-0.39, 0.29) is 17.4 Å². The molecular formula is C11H11N3O4S. The second kappa shape index (κ2) is 4.93. The third-order valence-electron chi connectivity index (χ3n) is 2.82. The van der Waals surface area contributed by atoms with Crippen LogP contribution in [0.25, 0.3) is 0 Å². The van der Waals surface area contributed by atoms with E-state index in [0.717, 1.165) is 0 Å². The second-order valence-corrected chi connectivity index (χ2v) is 5.68. The van der Waals surface area contributed by atoms with Crippen molar-refractivity contribution < 1.29 is 19.5 Å². The Balaban J connectivity index is 2.13. The van der Waals surface area contributed by atoms with Crippen LogP contribution in [-0.2, 0) is 14.4 Å². The van der Waals surface area contributed by atoms with E-state index in [0.29, 0.717) is 0 Å². The molecule has 0 radical (unpaired) electrons. The van der Waals surface area contributed by atoms with Crippen molar-refractivity contribution in [2.75, 3.05) is 0 Å². The molecule has 8 heteroatoms. The van der Waals surface area contributed by atoms with Crippen LogP contribution in [0.3, 0.4) is 0 Å². The number of amides is 2. The molecule has 19 heavy (non-hydrogen) atoms. The predicted molar refractivity (Wildman–Crippen MR) is 65.6 cm³/mol. The Kier molecular flexibility index (Phi) is 3.48. The van der Waals surface area contributed by atoms with Gasteiger partial charge in [0, 0.05) is 5.25 Å². The number of nitrogens with zero attached hydrogens (tertiary/aromatic N) is 2. The number of rotatable bonds is 3. The van der Waals surface area contributed by atoms with Crippen LogP contribution in [0.2, 0.25) is 0 Å². The average molecular weight is 281 g/mol. The van der Waals surface area contributed by atoms with Crippen LogP contribution in [0, 0.1) is 11.3 Å². The average Bonchev–Trinajstić information content (AvgIpc) is 2.35. The summed E-state index contributed by atoms with van der Waals surface area (Å²) in [5, 5.41) is 19.4. The summed E-state index contributed by atoms with van der Waals surface area (Å²) in [4.78, 5) is 35.4. The Morgan fingerprint density at radius 1 is 1.63 bits per heavy atom. The molecule has 2 N–H and O–H groups in total. The molecule has 3 atom stereocenters. The summed E-state index contributed by atoms with van der Waals surface area (Å²) in [6.07, 6.45) is 1.19. The maximum absolute atomic E-state index is 11.9. The zero-order chi connectivity index (χ0) is 14.2. The number of nitrogens with one attached hydrogen (secondary N) is 1. The first-order valence-corrected chi connectivity index (χ1v) is 6.50. The van der Waals surface area contributed by atoms with Gasteiger partial charge in [-0.15, -0.1) is 11.8 Å². The van der Waals surface area contributed by atoms with Gasteiger partial charge in [0.15, 0.2) is 0 Å². The van der Waals surface area contributed by atoms with Gasteiger partial charge in [0.2, 0.25) is 5.91 Å². The lowest BCUT2D eigenvalue weighted by molar-refractivity contribution is -0.150. The van der Waals surface area contributed by atoms with Crippen molar-refractivity contribution in [3.05, 3.63) is 11.8 Å². The number of carbonyl (C=O) groups excluding carboxylic acids is 2. The fraction of sp³-hybridized carbons (Fsp3) is 0.455. The summed E-state index contributed by atoms with van der Waals surface area (Å²) in [6.45, 7) is 1.82. The first kappa shape index (κ1) is 13.4. The number of thioether (sulfide) groups is 1. The van der Waals surface area contributed by atoms with E-state index in [1.807, 2.05) is 6.92 Å². The van der Waals surface area contributed by atoms with Crippen LogP contribution in [0.1, 0.15) is 13.3 Å². The summed E-state index contributed by atoms with van der Waals surface area (Å²) in [6, 6.07) is 0.941. The van der Waals surface area contributed by atoms with E-state index in [1.54, 1.807) is 6.07 Å². The minimum absolute atomic E-state index is 0.0490. The zero-order valence-corrected chi connectivity index (χ0v) is 10.8. The van der Waals surface area contributed by atoms with Crippen LogP contribution in [0.5, 0.6) is 0 Å². The van der Waals surface area contributed by atoms with E-state index in [4.69, 9.17) is 10.4 Å². The highest BCUT2D eigenvalue weighted by Gasteiger charge is 2.53. The van der Waals surface area contributed by atoms with E-state index in [2.05, 4.69) is 5.32 Å². The lowest BCUT2D eigenvalue weighted by atomic mass is 10.0. The lowest BCUT2D eigenvalue weighted by Gasteiger charge is -2.49. The predicted octanol–water partition coefficient (Wildman–Crippen LogP) is -0.343. The highest BCUT2D eigenvalue weighted by Crippen LogP contribution is 2.40. The summed E-state index contributed by atoms with van der Waals surface area (Å²) in [5.74, 6) is -2.14. The Labute approximate surface area is 113 Å². The monoisotopic (exact) mass is 281 g/mol. The molecule has 1 fully saturated rings. The van der Waals surface area contributed by atoms with Gasteiger partial charge in [0.05, 0.1) is 6.07 Å². The quantitative estimate of drug-likeness (QED) is 0.684. The highest BCUT2D eigenvalue weighted by atomic mass is 32.2. The van der Waals surface area contributed by atoms with Crippen molar-refractivity contribution >= 4 is 29.5 Å². The van der Waals surface area contributed by atoms with Gasteiger partial charge in [-0.3, -0.25) is 14.5 Å². The van der Waals surface area contributed by atoms with Gasteiger partial charge in [-0.05, 0) is 13.0 Å². The normalized spacial score (nSPS) is 28.6. The van der Waals surface area contributed by atoms with E-state index in [1.165, 1.54) is 22.7 Å². The SMILES string of the molecule is CC1C=C(C(=O)O)N2C(=O)C(NC(=O)CC#N)[C@H]2S1. The number of hydrogen-bond acceptors (Lipinski definition) is 5. The molecule has 0 aliphatic carbocycles. The molecule has 2 aliphatic heterocycles. The van der Waals surface area contributed by atoms with Crippen molar-refractivity contribution in [2.24, 2.45) is 0 Å². The molecule has 2 heterocycles. The summed E-state index contributed by atoms with van der Waals surface area (Å²) < 4.78 is 0. The van der Waals surface area contributed by atoms with Crippen molar-refractivity contribution in [3.63, 3.8) is 0 Å². The lowest BCUT2D eigenvalue weighted by Crippen LogP contribution is -2.70. The van der Waals surface area contributed by atoms with Crippen LogP contribution in [0.4, 0.5) is 0 Å². The topological polar surface area (TPSA) is 110 Å². The molecule has 0 aromatic heterocycles. The Bertz CT molecular complexity index is 525. The summed E-state index contributed by atoms with van der Waals surface area (Å²) >= 11 is 1.40. The standard InChI is InChI=1S/C11H11N3O4S/c1-5-4-6(11(17)18)14-9(16)8(10(14)19-5)13-7(15)2-3-12/h4-5,8,10H,2H2,1H3,(H,13,15)(H,17,18)/t5?,8?,10-/m1/s1. The molecule has 0 bridgehead atoms. The van der Waals surface area contributed by atoms with Crippen molar-refractivity contribution in [2.45, 2.75) is 30.0 Å². The fourth-order valence-corrected chi connectivity index (χ4v) is 3.35. The molecular weight excluding hydrogens is 270 g/mol. The van der Waals surface area contributed by atoms with E-state index < -0.39 is 29.2 Å². The van der Waals surface area contributed by atoms with Crippen molar-refractivity contribution in [3.8, 4) is 6.07 Å². The first-order chi connectivity index (χ1) is 8.95. The molecule has 0 saturated carbocycles. The summed E-state index contributed by atoms with van der Waals surface area (Å²) in [5.41, 5.74) is -0.0490. The van der Waals surface area contributed by atoms with Crippen LogP contribution in [0.15, 0.2) is 11.8 Å². The molecule has 100 valence electrons. The second-order valence-electron chi connectivity index (χ2n) is 4.18. The van der Waals surface area contributed by atoms with Gasteiger partial charge in [-0.1, -0.05) is 0 Å². The van der Waals surface area contributed by atoms with Crippen LogP contribution in [-0.4, -0.2) is 44.5 Å².